The molecule has 2 aromatic rings. The van der Waals surface area contributed by atoms with Crippen LogP contribution in [0.2, 0.25) is 5.02 Å². The summed E-state index contributed by atoms with van der Waals surface area (Å²) in [6, 6.07) is 10.2. The maximum atomic E-state index is 12.7. The average Bonchev–Trinajstić information content (AvgIpc) is 3.48. The minimum absolute atomic E-state index is 0.0299. The Bertz CT molecular complexity index is 880. The van der Waals surface area contributed by atoms with Crippen LogP contribution in [0, 0.1) is 5.92 Å². The fourth-order valence-corrected chi connectivity index (χ4v) is 3.86. The Labute approximate surface area is 176 Å². The lowest BCUT2D eigenvalue weighted by molar-refractivity contribution is -0.153. The number of carbonyl (C=O) groups is 1. The molecule has 1 atom stereocenters. The van der Waals surface area contributed by atoms with E-state index in [4.69, 9.17) is 16.3 Å². The molecule has 1 aliphatic rings. The molecule has 1 saturated carbocycles. The summed E-state index contributed by atoms with van der Waals surface area (Å²) in [7, 11) is 0. The van der Waals surface area contributed by atoms with Gasteiger partial charge in [0, 0.05) is 10.5 Å². The molecule has 0 unspecified atom stereocenters. The molecule has 3 nitrogen and oxygen atoms in total. The van der Waals surface area contributed by atoms with Gasteiger partial charge in [0.2, 0.25) is 0 Å². The van der Waals surface area contributed by atoms with Crippen LogP contribution >= 0.6 is 23.4 Å². The molecule has 2 aromatic carbocycles. The predicted octanol–water partition coefficient (Wildman–Crippen LogP) is 6.64. The van der Waals surface area contributed by atoms with Crippen molar-refractivity contribution < 1.29 is 27.8 Å². The van der Waals surface area contributed by atoms with E-state index in [0.717, 1.165) is 17.7 Å². The number of hydrogen-bond acceptors (Lipinski definition) is 3. The lowest BCUT2D eigenvalue weighted by Crippen LogP contribution is -2.20. The van der Waals surface area contributed by atoms with E-state index in [9.17, 15) is 23.1 Å². The molecule has 0 heterocycles. The number of carboxylic acids is 1. The molecule has 156 valence electrons. The summed E-state index contributed by atoms with van der Waals surface area (Å²) in [4.78, 5) is 12.8. The first-order valence-corrected chi connectivity index (χ1v) is 10.7. The Morgan fingerprint density at radius 3 is 2.45 bits per heavy atom. The van der Waals surface area contributed by atoms with Crippen LogP contribution in [-0.4, -0.2) is 30.1 Å². The lowest BCUT2D eigenvalue weighted by Gasteiger charge is -2.19. The quantitative estimate of drug-likeness (QED) is 0.464. The van der Waals surface area contributed by atoms with Gasteiger partial charge in [0.1, 0.15) is 5.75 Å². The molecule has 0 radical (unpaired) electrons. The highest BCUT2D eigenvalue weighted by molar-refractivity contribution is 7.98. The fraction of sp³-hybridized carbons (Fsp3) is 0.381. The number of thioether (sulfide) groups is 1. The zero-order chi connectivity index (χ0) is 21.2. The van der Waals surface area contributed by atoms with E-state index in [1.165, 1.54) is 17.8 Å². The minimum atomic E-state index is -4.52. The summed E-state index contributed by atoms with van der Waals surface area (Å²) in [5, 5.41) is 9.65. The van der Waals surface area contributed by atoms with Crippen LogP contribution in [0.1, 0.15) is 30.7 Å². The molecule has 0 amide bonds. The van der Waals surface area contributed by atoms with Gasteiger partial charge in [-0.25, -0.2) is 0 Å². The molecule has 1 aliphatic carbocycles. The standard InChI is InChI=1S/C21H20ClF3O3S/c1-29-15-6-4-13(5-7-15)16-9-14(17(20(26)27)8-12-2-3-12)10-18(22)19(16)28-11-21(23,24)25/h4-7,9-10,12,17H,2-3,8,11H2,1H3,(H,26,27)/t17-/m0/s1. The van der Waals surface area contributed by atoms with Crippen LogP contribution in [0.15, 0.2) is 41.3 Å². The van der Waals surface area contributed by atoms with Gasteiger partial charge >= 0.3 is 12.1 Å². The van der Waals surface area contributed by atoms with Gasteiger partial charge in [-0.05, 0) is 54.0 Å². The molecule has 0 bridgehead atoms. The monoisotopic (exact) mass is 444 g/mol. The summed E-state index contributed by atoms with van der Waals surface area (Å²) >= 11 is 7.82. The summed E-state index contributed by atoms with van der Waals surface area (Å²) < 4.78 is 43.2. The van der Waals surface area contributed by atoms with Crippen LogP contribution in [0.5, 0.6) is 5.75 Å². The van der Waals surface area contributed by atoms with Crippen LogP contribution < -0.4 is 4.74 Å². The van der Waals surface area contributed by atoms with Crippen molar-refractivity contribution in [2.45, 2.75) is 36.3 Å². The summed E-state index contributed by atoms with van der Waals surface area (Å²) in [5.74, 6) is -1.47. The van der Waals surface area contributed by atoms with Crippen molar-refractivity contribution in [1.82, 2.24) is 0 Å². The largest absolute Gasteiger partial charge is 0.482 e. The Morgan fingerprint density at radius 1 is 1.28 bits per heavy atom. The molecule has 0 aliphatic heterocycles. The Hall–Kier alpha value is -1.86. The Morgan fingerprint density at radius 2 is 1.93 bits per heavy atom. The van der Waals surface area contributed by atoms with E-state index < -0.39 is 24.7 Å². The molecule has 8 heteroatoms. The molecule has 29 heavy (non-hydrogen) atoms. The number of aliphatic carboxylic acids is 1. The van der Waals surface area contributed by atoms with Gasteiger partial charge < -0.3 is 9.84 Å². The molecular weight excluding hydrogens is 425 g/mol. The molecule has 1 N–H and O–H groups in total. The molecule has 0 saturated heterocycles. The number of benzene rings is 2. The number of hydrogen-bond donors (Lipinski definition) is 1. The first-order chi connectivity index (χ1) is 13.7. The van der Waals surface area contributed by atoms with Crippen molar-refractivity contribution in [3.05, 3.63) is 47.0 Å². The highest BCUT2D eigenvalue weighted by atomic mass is 35.5. The first-order valence-electron chi connectivity index (χ1n) is 9.08. The third kappa shape index (κ3) is 5.82. The van der Waals surface area contributed by atoms with E-state index in [-0.39, 0.29) is 10.8 Å². The van der Waals surface area contributed by atoms with E-state index in [1.807, 2.05) is 18.4 Å². The van der Waals surface area contributed by atoms with Crippen LogP contribution in [0.25, 0.3) is 11.1 Å². The second kappa shape index (κ2) is 8.88. The molecule has 1 fully saturated rings. The van der Waals surface area contributed by atoms with Crippen LogP contribution in [-0.2, 0) is 4.79 Å². The Balaban J connectivity index is 2.05. The Kier molecular flexibility index (Phi) is 6.69. The van der Waals surface area contributed by atoms with Gasteiger partial charge in [0.25, 0.3) is 0 Å². The number of rotatable bonds is 8. The van der Waals surface area contributed by atoms with E-state index in [0.29, 0.717) is 29.0 Å². The first kappa shape index (κ1) is 21.8. The summed E-state index contributed by atoms with van der Waals surface area (Å²) in [6.45, 7) is -1.48. The lowest BCUT2D eigenvalue weighted by atomic mass is 9.90. The van der Waals surface area contributed by atoms with Crippen molar-refractivity contribution >= 4 is 29.3 Å². The van der Waals surface area contributed by atoms with Crippen molar-refractivity contribution in [3.63, 3.8) is 0 Å². The van der Waals surface area contributed by atoms with Crippen molar-refractivity contribution in [2.75, 3.05) is 12.9 Å². The van der Waals surface area contributed by atoms with E-state index in [1.54, 1.807) is 18.2 Å². The third-order valence-electron chi connectivity index (χ3n) is 4.81. The normalized spacial score (nSPS) is 15.2. The number of alkyl halides is 3. The number of ether oxygens (including phenoxy) is 1. The van der Waals surface area contributed by atoms with Gasteiger partial charge in [-0.3, -0.25) is 4.79 Å². The predicted molar refractivity (Wildman–Crippen MR) is 108 cm³/mol. The zero-order valence-corrected chi connectivity index (χ0v) is 17.2. The average molecular weight is 445 g/mol. The van der Waals surface area contributed by atoms with Crippen molar-refractivity contribution in [3.8, 4) is 16.9 Å². The summed E-state index contributed by atoms with van der Waals surface area (Å²) in [6.07, 6.45) is -0.128. The van der Waals surface area contributed by atoms with Gasteiger partial charge in [0.15, 0.2) is 6.61 Å². The number of halogens is 4. The maximum Gasteiger partial charge on any atom is 0.422 e. The van der Waals surface area contributed by atoms with Gasteiger partial charge in [0.05, 0.1) is 10.9 Å². The van der Waals surface area contributed by atoms with E-state index >= 15 is 0 Å². The number of carboxylic acid groups (broad SMARTS) is 1. The molecule has 0 aromatic heterocycles. The fourth-order valence-electron chi connectivity index (χ4n) is 3.17. The minimum Gasteiger partial charge on any atom is -0.482 e. The molecule has 0 spiro atoms. The highest BCUT2D eigenvalue weighted by Crippen LogP contribution is 2.44. The topological polar surface area (TPSA) is 46.5 Å². The second-order valence-corrected chi connectivity index (χ2v) is 8.37. The zero-order valence-electron chi connectivity index (χ0n) is 15.6. The van der Waals surface area contributed by atoms with Gasteiger partial charge in [-0.1, -0.05) is 36.6 Å². The van der Waals surface area contributed by atoms with Crippen molar-refractivity contribution in [2.24, 2.45) is 5.92 Å². The van der Waals surface area contributed by atoms with Crippen LogP contribution in [0.4, 0.5) is 13.2 Å². The molecular formula is C21H20ClF3O3S. The van der Waals surface area contributed by atoms with Crippen molar-refractivity contribution in [1.29, 1.82) is 0 Å². The van der Waals surface area contributed by atoms with Gasteiger partial charge in [-0.15, -0.1) is 11.8 Å². The third-order valence-corrected chi connectivity index (χ3v) is 5.84. The smallest absolute Gasteiger partial charge is 0.422 e. The summed E-state index contributed by atoms with van der Waals surface area (Å²) in [5.41, 5.74) is 1.43. The molecule has 3 rings (SSSR count). The maximum absolute atomic E-state index is 12.7. The highest BCUT2D eigenvalue weighted by Gasteiger charge is 2.32. The van der Waals surface area contributed by atoms with E-state index in [2.05, 4.69) is 0 Å². The second-order valence-electron chi connectivity index (χ2n) is 7.08. The van der Waals surface area contributed by atoms with Crippen LogP contribution in [0.3, 0.4) is 0 Å². The SMILES string of the molecule is CSc1ccc(-c2cc([C@H](CC3CC3)C(=O)O)cc(Cl)c2OCC(F)(F)F)cc1. The van der Waals surface area contributed by atoms with Gasteiger partial charge in [-0.2, -0.15) is 13.2 Å².